The van der Waals surface area contributed by atoms with E-state index in [1.54, 1.807) is 24.3 Å². The van der Waals surface area contributed by atoms with Crippen molar-refractivity contribution in [1.29, 1.82) is 0 Å². The van der Waals surface area contributed by atoms with Crippen LogP contribution >= 0.6 is 0 Å². The van der Waals surface area contributed by atoms with Gasteiger partial charge < -0.3 is 4.90 Å². The van der Waals surface area contributed by atoms with Crippen molar-refractivity contribution in [2.75, 3.05) is 18.0 Å². The van der Waals surface area contributed by atoms with E-state index in [0.29, 0.717) is 5.92 Å². The van der Waals surface area contributed by atoms with E-state index >= 15 is 0 Å². The zero-order valence-electron chi connectivity index (χ0n) is 17.0. The maximum absolute atomic E-state index is 13.3. The lowest BCUT2D eigenvalue weighted by Crippen LogP contribution is -2.33. The summed E-state index contributed by atoms with van der Waals surface area (Å²) < 4.78 is 28.2. The predicted molar refractivity (Wildman–Crippen MR) is 116 cm³/mol. The number of para-hydroxylation sites is 1. The summed E-state index contributed by atoms with van der Waals surface area (Å²) in [6.07, 6.45) is 2.18. The molecule has 0 atom stereocenters. The van der Waals surface area contributed by atoms with Gasteiger partial charge in [0, 0.05) is 18.5 Å². The molecule has 3 heterocycles. The molecular formula is C22H23N5O2S. The number of aryl methyl sites for hydroxylation is 1. The summed E-state index contributed by atoms with van der Waals surface area (Å²) in [7, 11) is -3.84. The van der Waals surface area contributed by atoms with Gasteiger partial charge in [0.15, 0.2) is 5.65 Å². The molecule has 2 aromatic heterocycles. The number of nitrogens with zero attached hydrogens (tertiary/aromatic N) is 5. The molecule has 1 fully saturated rings. The zero-order valence-corrected chi connectivity index (χ0v) is 17.8. The van der Waals surface area contributed by atoms with Crippen LogP contribution in [-0.4, -0.2) is 41.3 Å². The van der Waals surface area contributed by atoms with E-state index in [1.807, 2.05) is 31.2 Å². The number of piperidine rings is 1. The van der Waals surface area contributed by atoms with Gasteiger partial charge in [-0.25, -0.2) is 13.4 Å². The van der Waals surface area contributed by atoms with Crippen LogP contribution in [0.15, 0.2) is 58.5 Å². The second kappa shape index (κ2) is 7.05. The van der Waals surface area contributed by atoms with Crippen molar-refractivity contribution in [2.24, 2.45) is 5.92 Å². The Morgan fingerprint density at radius 2 is 1.70 bits per heavy atom. The smallest absolute Gasteiger partial charge is 0.229 e. The van der Waals surface area contributed by atoms with Gasteiger partial charge in [0.2, 0.25) is 14.9 Å². The van der Waals surface area contributed by atoms with E-state index in [2.05, 4.69) is 22.1 Å². The second-order valence-corrected chi connectivity index (χ2v) is 9.93. The number of fused-ring (bicyclic) bond motifs is 3. The van der Waals surface area contributed by atoms with Crippen LogP contribution in [0.5, 0.6) is 0 Å². The number of aromatic nitrogens is 4. The molecule has 0 spiro atoms. The highest BCUT2D eigenvalue weighted by Crippen LogP contribution is 2.31. The zero-order chi connectivity index (χ0) is 20.9. The fourth-order valence-corrected chi connectivity index (χ4v) is 5.23. The average molecular weight is 422 g/mol. The van der Waals surface area contributed by atoms with Gasteiger partial charge in [-0.15, -0.1) is 5.10 Å². The van der Waals surface area contributed by atoms with Gasteiger partial charge in [0.05, 0.1) is 10.4 Å². The Labute approximate surface area is 175 Å². The number of anilines is 1. The van der Waals surface area contributed by atoms with Crippen LogP contribution in [0.1, 0.15) is 25.3 Å². The molecule has 0 unspecified atom stereocenters. The first kappa shape index (κ1) is 19.0. The largest absolute Gasteiger partial charge is 0.356 e. The van der Waals surface area contributed by atoms with E-state index in [-0.39, 0.29) is 15.6 Å². The van der Waals surface area contributed by atoms with E-state index in [9.17, 15) is 8.42 Å². The highest BCUT2D eigenvalue weighted by Gasteiger charge is 2.28. The van der Waals surface area contributed by atoms with E-state index in [4.69, 9.17) is 4.98 Å². The minimum Gasteiger partial charge on any atom is -0.356 e. The average Bonchev–Trinajstić information content (AvgIpc) is 3.19. The molecule has 2 aromatic carbocycles. The first-order valence-electron chi connectivity index (χ1n) is 10.2. The summed E-state index contributed by atoms with van der Waals surface area (Å²) in [6.45, 7) is 5.98. The van der Waals surface area contributed by atoms with Crippen molar-refractivity contribution in [3.63, 3.8) is 0 Å². The second-order valence-electron chi connectivity index (χ2n) is 8.07. The molecule has 0 aliphatic carbocycles. The van der Waals surface area contributed by atoms with Crippen LogP contribution < -0.4 is 4.90 Å². The molecule has 1 saturated heterocycles. The summed E-state index contributed by atoms with van der Waals surface area (Å²) in [4.78, 5) is 7.25. The standard InChI is InChI=1S/C22H23N5O2S/c1-15-7-9-17(10-8-15)30(28,29)22-21-23-20(26-13-11-16(2)12-14-26)18-5-3-4-6-19(18)27(21)25-24-22/h3-10,16H,11-14H2,1-2H3. The van der Waals surface area contributed by atoms with Crippen LogP contribution in [0.2, 0.25) is 0 Å². The minimum atomic E-state index is -3.84. The van der Waals surface area contributed by atoms with Crippen LogP contribution in [0, 0.1) is 12.8 Å². The van der Waals surface area contributed by atoms with Crippen molar-refractivity contribution in [3.8, 4) is 0 Å². The van der Waals surface area contributed by atoms with Crippen LogP contribution in [0.25, 0.3) is 16.6 Å². The molecule has 0 radical (unpaired) electrons. The van der Waals surface area contributed by atoms with Crippen LogP contribution in [0.3, 0.4) is 0 Å². The van der Waals surface area contributed by atoms with Crippen molar-refractivity contribution >= 4 is 32.2 Å². The van der Waals surface area contributed by atoms with E-state index in [0.717, 1.165) is 48.2 Å². The molecule has 0 saturated carbocycles. The van der Waals surface area contributed by atoms with Crippen LogP contribution in [-0.2, 0) is 9.84 Å². The third kappa shape index (κ3) is 3.02. The van der Waals surface area contributed by atoms with Gasteiger partial charge in [-0.05, 0) is 49.9 Å². The first-order chi connectivity index (χ1) is 14.4. The van der Waals surface area contributed by atoms with Gasteiger partial charge >= 0.3 is 0 Å². The molecule has 8 heteroatoms. The SMILES string of the molecule is Cc1ccc(S(=O)(=O)c2nnn3c2nc(N2CCC(C)CC2)c2ccccc23)cc1. The first-order valence-corrected chi connectivity index (χ1v) is 11.6. The number of hydrogen-bond donors (Lipinski definition) is 0. The molecule has 30 heavy (non-hydrogen) atoms. The quantitative estimate of drug-likeness (QED) is 0.502. The molecule has 0 N–H and O–H groups in total. The van der Waals surface area contributed by atoms with Crippen molar-refractivity contribution in [2.45, 2.75) is 36.6 Å². The topological polar surface area (TPSA) is 80.5 Å². The normalized spacial score (nSPS) is 15.9. The summed E-state index contributed by atoms with van der Waals surface area (Å²) in [6, 6.07) is 14.6. The summed E-state index contributed by atoms with van der Waals surface area (Å²) in [5.41, 5.74) is 2.06. The Balaban J connectivity index is 1.73. The lowest BCUT2D eigenvalue weighted by Gasteiger charge is -2.32. The van der Waals surface area contributed by atoms with E-state index < -0.39 is 9.84 Å². The summed E-state index contributed by atoms with van der Waals surface area (Å²) in [5, 5.41) is 9.06. The fourth-order valence-electron chi connectivity index (χ4n) is 3.99. The predicted octanol–water partition coefficient (Wildman–Crippen LogP) is 3.66. The summed E-state index contributed by atoms with van der Waals surface area (Å²) in [5.74, 6) is 1.48. The van der Waals surface area contributed by atoms with Crippen molar-refractivity contribution < 1.29 is 8.42 Å². The van der Waals surface area contributed by atoms with Gasteiger partial charge in [-0.2, -0.15) is 4.52 Å². The van der Waals surface area contributed by atoms with Gasteiger partial charge in [-0.3, -0.25) is 0 Å². The lowest BCUT2D eigenvalue weighted by atomic mass is 9.99. The number of hydrogen-bond acceptors (Lipinski definition) is 6. The molecule has 0 bridgehead atoms. The molecule has 5 rings (SSSR count). The fraction of sp³-hybridized carbons (Fsp3) is 0.318. The Morgan fingerprint density at radius 3 is 2.43 bits per heavy atom. The van der Waals surface area contributed by atoms with Gasteiger partial charge in [0.1, 0.15) is 5.82 Å². The molecule has 4 aromatic rings. The number of rotatable bonds is 3. The maximum Gasteiger partial charge on any atom is 0.229 e. The number of sulfone groups is 1. The molecule has 1 aliphatic heterocycles. The van der Waals surface area contributed by atoms with E-state index in [1.165, 1.54) is 4.52 Å². The molecule has 1 aliphatic rings. The van der Waals surface area contributed by atoms with Crippen LogP contribution in [0.4, 0.5) is 5.82 Å². The van der Waals surface area contributed by atoms with Gasteiger partial charge in [0.25, 0.3) is 0 Å². The maximum atomic E-state index is 13.3. The monoisotopic (exact) mass is 421 g/mol. The Kier molecular flexibility index (Phi) is 4.47. The molecule has 0 amide bonds. The molecule has 7 nitrogen and oxygen atoms in total. The Bertz CT molecular complexity index is 1340. The lowest BCUT2D eigenvalue weighted by molar-refractivity contribution is 0.437. The summed E-state index contributed by atoms with van der Waals surface area (Å²) >= 11 is 0. The van der Waals surface area contributed by atoms with Crippen molar-refractivity contribution in [1.82, 2.24) is 19.8 Å². The molecule has 154 valence electrons. The third-order valence-electron chi connectivity index (χ3n) is 5.87. The van der Waals surface area contributed by atoms with Gasteiger partial charge in [-0.1, -0.05) is 42.0 Å². The Morgan fingerprint density at radius 1 is 1.00 bits per heavy atom. The molecular weight excluding hydrogens is 398 g/mol. The third-order valence-corrected chi connectivity index (χ3v) is 7.54. The minimum absolute atomic E-state index is 0.108. The van der Waals surface area contributed by atoms with Crippen molar-refractivity contribution in [3.05, 3.63) is 54.1 Å². The number of benzene rings is 2. The highest BCUT2D eigenvalue weighted by molar-refractivity contribution is 7.91. The highest BCUT2D eigenvalue weighted by atomic mass is 32.2. The Hall–Kier alpha value is -3.00.